The van der Waals surface area contributed by atoms with Crippen molar-refractivity contribution in [2.45, 2.75) is 52.9 Å². The molecule has 2 aliphatic rings. The van der Waals surface area contributed by atoms with Crippen LogP contribution in [0.4, 0.5) is 8.78 Å². The van der Waals surface area contributed by atoms with E-state index in [0.29, 0.717) is 17.5 Å². The maximum Gasteiger partial charge on any atom is 0.150 e. The summed E-state index contributed by atoms with van der Waals surface area (Å²) in [5, 5.41) is 0. The molecule has 1 fully saturated rings. The number of alkyl halides is 1. The lowest BCUT2D eigenvalue weighted by Crippen LogP contribution is -2.21. The second-order valence-electron chi connectivity index (χ2n) is 12.3. The molecular formula is C40H43F2NO. The molecule has 4 aromatic carbocycles. The van der Waals surface area contributed by atoms with E-state index in [9.17, 15) is 13.6 Å². The fraction of sp³-hybridized carbons (Fsp3) is 0.325. The quantitative estimate of drug-likeness (QED) is 0.199. The number of allylic oxidation sites excluding steroid dienone is 1. The number of carbonyl (C=O) groups is 1. The summed E-state index contributed by atoms with van der Waals surface area (Å²) in [4.78, 5) is 13.6. The Hall–Kier alpha value is -3.89. The molecule has 4 heteroatoms. The number of fused-ring (bicyclic) bond motifs is 1. The maximum absolute atomic E-state index is 14.6. The first-order valence-electron chi connectivity index (χ1n) is 15.9. The lowest BCUT2D eigenvalue weighted by atomic mass is 9.85. The van der Waals surface area contributed by atoms with Crippen molar-refractivity contribution in [3.63, 3.8) is 0 Å². The van der Waals surface area contributed by atoms with E-state index < -0.39 is 0 Å². The summed E-state index contributed by atoms with van der Waals surface area (Å²) in [6.07, 6.45) is 5.73. The predicted molar refractivity (Wildman–Crippen MR) is 179 cm³/mol. The van der Waals surface area contributed by atoms with Crippen LogP contribution in [-0.4, -0.2) is 37.5 Å². The molecule has 4 aromatic rings. The molecule has 2 nitrogen and oxygen atoms in total. The van der Waals surface area contributed by atoms with E-state index in [1.165, 1.54) is 53.4 Å². The molecule has 1 aliphatic carbocycles. The Morgan fingerprint density at radius 1 is 0.864 bits per heavy atom. The molecule has 0 radical (unpaired) electrons. The summed E-state index contributed by atoms with van der Waals surface area (Å²) in [7, 11) is 0. The van der Waals surface area contributed by atoms with Crippen LogP contribution in [0.3, 0.4) is 0 Å². The molecule has 0 spiro atoms. The number of likely N-dealkylation sites (tertiary alicyclic amines) is 1. The van der Waals surface area contributed by atoms with E-state index in [1.54, 1.807) is 0 Å². The third kappa shape index (κ3) is 7.42. The Bertz CT molecular complexity index is 1620. The fourth-order valence-corrected chi connectivity index (χ4v) is 6.53. The van der Waals surface area contributed by atoms with Gasteiger partial charge in [-0.3, -0.25) is 9.18 Å². The highest BCUT2D eigenvalue weighted by molar-refractivity contribution is 6.00. The molecule has 0 N–H and O–H groups in total. The van der Waals surface area contributed by atoms with Gasteiger partial charge >= 0.3 is 0 Å². The second kappa shape index (κ2) is 14.7. The Balaban J connectivity index is 0.000000328. The minimum Gasteiger partial charge on any atom is -0.303 e. The van der Waals surface area contributed by atoms with E-state index in [-0.39, 0.29) is 12.5 Å². The lowest BCUT2D eigenvalue weighted by Gasteiger charge is -2.19. The van der Waals surface area contributed by atoms with Gasteiger partial charge in [0.15, 0.2) is 0 Å². The average molecular weight is 592 g/mol. The zero-order chi connectivity index (χ0) is 31.1. The summed E-state index contributed by atoms with van der Waals surface area (Å²) in [6, 6.07) is 28.4. The Labute approximate surface area is 261 Å². The Morgan fingerprint density at radius 2 is 1.61 bits per heavy atom. The van der Waals surface area contributed by atoms with Crippen molar-refractivity contribution in [1.29, 1.82) is 0 Å². The SMILES string of the molecule is CC1CCN(CCCF)C1.Cc1ccc(C2=C(c3cccc(F)c3C)CCCc3cc(-c4cccc(C=O)c4)ccc32)cc1. The first kappa shape index (κ1) is 31.5. The number of hydrogen-bond acceptors (Lipinski definition) is 2. The van der Waals surface area contributed by atoms with Crippen molar-refractivity contribution in [3.8, 4) is 11.1 Å². The van der Waals surface area contributed by atoms with Crippen LogP contribution in [0.2, 0.25) is 0 Å². The van der Waals surface area contributed by atoms with Gasteiger partial charge in [-0.2, -0.15) is 0 Å². The summed E-state index contributed by atoms with van der Waals surface area (Å²) >= 11 is 0. The Kier molecular flexibility index (Phi) is 10.6. The molecule has 1 heterocycles. The molecule has 0 amide bonds. The van der Waals surface area contributed by atoms with Crippen molar-refractivity contribution in [2.75, 3.05) is 26.3 Å². The second-order valence-corrected chi connectivity index (χ2v) is 12.3. The standard InChI is InChI=1S/C32H27FO.C8H16FN/c1-21-12-14-24(15-13-21)32-29-17-16-26(25-7-3-6-23(18-25)20-34)19-27(29)8-4-10-30(32)28-9-5-11-31(33)22(28)2;1-8-3-6-10(7-8)5-2-4-9/h3,5-7,9,11-20H,4,8,10H2,1-2H3;8H,2-7H2,1H3. The molecule has 0 bridgehead atoms. The molecule has 1 unspecified atom stereocenters. The third-order valence-corrected chi connectivity index (χ3v) is 8.95. The van der Waals surface area contributed by atoms with Crippen LogP contribution >= 0.6 is 0 Å². The number of carbonyl (C=O) groups excluding carboxylic acids is 1. The minimum absolute atomic E-state index is 0.162. The molecular weight excluding hydrogens is 548 g/mol. The van der Waals surface area contributed by atoms with Crippen molar-refractivity contribution in [2.24, 2.45) is 5.92 Å². The van der Waals surface area contributed by atoms with Gasteiger partial charge in [0.2, 0.25) is 0 Å². The third-order valence-electron chi connectivity index (χ3n) is 8.95. The van der Waals surface area contributed by atoms with Gasteiger partial charge in [-0.1, -0.05) is 85.3 Å². The highest BCUT2D eigenvalue weighted by Crippen LogP contribution is 2.42. The molecule has 1 saturated heterocycles. The van der Waals surface area contributed by atoms with Gasteiger partial charge < -0.3 is 4.90 Å². The number of aryl methyl sites for hydroxylation is 2. The van der Waals surface area contributed by atoms with Crippen LogP contribution in [0.15, 0.2) is 84.9 Å². The van der Waals surface area contributed by atoms with Crippen LogP contribution in [0, 0.1) is 25.6 Å². The Morgan fingerprint density at radius 3 is 2.34 bits per heavy atom. The van der Waals surface area contributed by atoms with E-state index >= 15 is 0 Å². The first-order chi connectivity index (χ1) is 21.4. The summed E-state index contributed by atoms with van der Waals surface area (Å²) in [5.74, 6) is 0.669. The van der Waals surface area contributed by atoms with E-state index in [1.807, 2.05) is 43.3 Å². The van der Waals surface area contributed by atoms with Gasteiger partial charge in [0.05, 0.1) is 6.67 Å². The smallest absolute Gasteiger partial charge is 0.150 e. The average Bonchev–Trinajstić information content (AvgIpc) is 3.37. The van der Waals surface area contributed by atoms with Crippen LogP contribution in [-0.2, 0) is 6.42 Å². The zero-order valence-electron chi connectivity index (χ0n) is 26.2. The molecule has 6 rings (SSSR count). The summed E-state index contributed by atoms with van der Waals surface area (Å²) in [5.41, 5.74) is 11.8. The minimum atomic E-state index is -0.164. The fourth-order valence-electron chi connectivity index (χ4n) is 6.53. The van der Waals surface area contributed by atoms with Crippen molar-refractivity contribution in [1.82, 2.24) is 4.90 Å². The summed E-state index contributed by atoms with van der Waals surface area (Å²) < 4.78 is 26.3. The number of aldehydes is 1. The van der Waals surface area contributed by atoms with E-state index in [4.69, 9.17) is 0 Å². The molecule has 228 valence electrons. The topological polar surface area (TPSA) is 20.3 Å². The molecule has 44 heavy (non-hydrogen) atoms. The largest absolute Gasteiger partial charge is 0.303 e. The van der Waals surface area contributed by atoms with Gasteiger partial charge in [0, 0.05) is 18.7 Å². The molecule has 1 aliphatic heterocycles. The van der Waals surface area contributed by atoms with Gasteiger partial charge in [0.25, 0.3) is 0 Å². The van der Waals surface area contributed by atoms with Gasteiger partial charge in [-0.05, 0) is 121 Å². The highest BCUT2D eigenvalue weighted by atomic mass is 19.1. The maximum atomic E-state index is 14.6. The normalized spacial score (nSPS) is 16.6. The predicted octanol–water partition coefficient (Wildman–Crippen LogP) is 9.91. The molecule has 1 atom stereocenters. The first-order valence-corrected chi connectivity index (χ1v) is 15.9. The van der Waals surface area contributed by atoms with Crippen molar-refractivity contribution in [3.05, 3.63) is 130 Å². The monoisotopic (exact) mass is 591 g/mol. The highest BCUT2D eigenvalue weighted by Gasteiger charge is 2.22. The zero-order valence-corrected chi connectivity index (χ0v) is 26.2. The molecule has 0 saturated carbocycles. The number of halogens is 2. The number of hydrogen-bond donors (Lipinski definition) is 0. The van der Waals surface area contributed by atoms with Crippen LogP contribution in [0.5, 0.6) is 0 Å². The van der Waals surface area contributed by atoms with E-state index in [2.05, 4.69) is 61.2 Å². The van der Waals surface area contributed by atoms with Gasteiger partial charge in [-0.15, -0.1) is 0 Å². The number of rotatable bonds is 7. The van der Waals surface area contributed by atoms with Crippen molar-refractivity contribution < 1.29 is 13.6 Å². The lowest BCUT2D eigenvalue weighted by molar-refractivity contribution is 0.112. The van der Waals surface area contributed by atoms with Crippen LogP contribution in [0.1, 0.15) is 76.3 Å². The number of nitrogens with zero attached hydrogens (tertiary/aromatic N) is 1. The summed E-state index contributed by atoms with van der Waals surface area (Å²) in [6.45, 7) is 9.39. The van der Waals surface area contributed by atoms with E-state index in [0.717, 1.165) is 60.3 Å². The van der Waals surface area contributed by atoms with Crippen molar-refractivity contribution >= 4 is 17.4 Å². The van der Waals surface area contributed by atoms with Gasteiger partial charge in [0.1, 0.15) is 12.1 Å². The molecule has 0 aromatic heterocycles. The van der Waals surface area contributed by atoms with Gasteiger partial charge in [-0.25, -0.2) is 4.39 Å². The number of benzene rings is 4. The van der Waals surface area contributed by atoms with Crippen LogP contribution < -0.4 is 0 Å². The van der Waals surface area contributed by atoms with Crippen LogP contribution in [0.25, 0.3) is 22.3 Å².